The van der Waals surface area contributed by atoms with E-state index in [1.807, 2.05) is 30.0 Å². The van der Waals surface area contributed by atoms with E-state index in [1.54, 1.807) is 23.9 Å². The summed E-state index contributed by atoms with van der Waals surface area (Å²) < 4.78 is 15.5. The summed E-state index contributed by atoms with van der Waals surface area (Å²) in [5, 5.41) is 14.2. The smallest absolute Gasteiger partial charge is 0.236 e. The maximum atomic E-state index is 13.6. The highest BCUT2D eigenvalue weighted by molar-refractivity contribution is 7.99. The Morgan fingerprint density at radius 3 is 2.85 bits per heavy atom. The number of rotatable bonds is 8. The number of anilines is 1. The summed E-state index contributed by atoms with van der Waals surface area (Å²) >= 11 is 4.29. The Hall–Kier alpha value is -1.91. The Balaban J connectivity index is 1.48. The van der Waals surface area contributed by atoms with Crippen molar-refractivity contribution in [1.29, 1.82) is 0 Å². The van der Waals surface area contributed by atoms with Crippen LogP contribution in [0.25, 0.3) is 0 Å². The molecular formula is C17H18FN5OS3. The van der Waals surface area contributed by atoms with Crippen molar-refractivity contribution in [2.24, 2.45) is 7.05 Å². The van der Waals surface area contributed by atoms with Gasteiger partial charge in [-0.15, -0.1) is 33.3 Å². The van der Waals surface area contributed by atoms with Gasteiger partial charge in [-0.3, -0.25) is 4.79 Å². The van der Waals surface area contributed by atoms with Gasteiger partial charge in [0.1, 0.15) is 11.6 Å². The first kappa shape index (κ1) is 19.8. The van der Waals surface area contributed by atoms with Gasteiger partial charge in [0.2, 0.25) is 5.91 Å². The molecule has 0 saturated heterocycles. The number of thioether (sulfide) groups is 2. The fourth-order valence-electron chi connectivity index (χ4n) is 2.16. The summed E-state index contributed by atoms with van der Waals surface area (Å²) in [5.41, 5.74) is 1.56. The highest BCUT2D eigenvalue weighted by atomic mass is 32.2. The van der Waals surface area contributed by atoms with E-state index in [0.717, 1.165) is 11.5 Å². The van der Waals surface area contributed by atoms with Gasteiger partial charge in [0.25, 0.3) is 0 Å². The van der Waals surface area contributed by atoms with E-state index in [1.165, 1.54) is 29.2 Å². The summed E-state index contributed by atoms with van der Waals surface area (Å²) in [7, 11) is 1.86. The molecule has 2 heterocycles. The number of nitrogens with zero attached hydrogens (tertiary/aromatic N) is 4. The predicted molar refractivity (Wildman–Crippen MR) is 109 cm³/mol. The number of amides is 1. The zero-order valence-corrected chi connectivity index (χ0v) is 17.3. The van der Waals surface area contributed by atoms with Crippen molar-refractivity contribution in [3.8, 4) is 0 Å². The molecule has 1 amide bonds. The lowest BCUT2D eigenvalue weighted by molar-refractivity contribution is -0.113. The SMILES string of the molecule is Cc1csc(NC(=O)CSc2nnc(CSCc3ccccc3F)n2C)n1. The van der Waals surface area contributed by atoms with Gasteiger partial charge in [-0.1, -0.05) is 30.0 Å². The van der Waals surface area contributed by atoms with Gasteiger partial charge in [0.05, 0.1) is 17.2 Å². The second kappa shape index (κ2) is 9.34. The lowest BCUT2D eigenvalue weighted by Gasteiger charge is -2.05. The molecule has 0 aliphatic heterocycles. The molecule has 0 unspecified atom stereocenters. The van der Waals surface area contributed by atoms with E-state index in [2.05, 4.69) is 20.5 Å². The van der Waals surface area contributed by atoms with E-state index < -0.39 is 0 Å². The van der Waals surface area contributed by atoms with Gasteiger partial charge in [-0.2, -0.15) is 0 Å². The molecule has 3 rings (SSSR count). The van der Waals surface area contributed by atoms with Crippen LogP contribution in [0.1, 0.15) is 17.1 Å². The molecule has 3 aromatic rings. The molecule has 0 atom stereocenters. The quantitative estimate of drug-likeness (QED) is 0.554. The fraction of sp³-hybridized carbons (Fsp3) is 0.294. The standard InChI is InChI=1S/C17H18FN5OS3/c1-11-7-26-16(19-11)20-15(24)10-27-17-22-21-14(23(17)2)9-25-8-12-5-3-4-6-13(12)18/h3-7H,8-10H2,1-2H3,(H,19,20,24). The van der Waals surface area contributed by atoms with Crippen LogP contribution in [-0.2, 0) is 23.3 Å². The van der Waals surface area contributed by atoms with Gasteiger partial charge in [0, 0.05) is 18.2 Å². The summed E-state index contributed by atoms with van der Waals surface area (Å²) in [6, 6.07) is 6.75. The number of aryl methyl sites for hydroxylation is 1. The Bertz CT molecular complexity index is 927. The average molecular weight is 424 g/mol. The Kier molecular flexibility index (Phi) is 6.86. The minimum absolute atomic E-state index is 0.132. The van der Waals surface area contributed by atoms with Crippen LogP contribution in [-0.4, -0.2) is 31.4 Å². The number of benzene rings is 1. The summed E-state index contributed by atoms with van der Waals surface area (Å²) in [6.45, 7) is 1.88. The maximum Gasteiger partial charge on any atom is 0.236 e. The first-order chi connectivity index (χ1) is 13.0. The monoisotopic (exact) mass is 423 g/mol. The van der Waals surface area contributed by atoms with Crippen LogP contribution in [0.3, 0.4) is 0 Å². The van der Waals surface area contributed by atoms with Crippen molar-refractivity contribution >= 4 is 45.9 Å². The zero-order valence-electron chi connectivity index (χ0n) is 14.8. The van der Waals surface area contributed by atoms with Gasteiger partial charge >= 0.3 is 0 Å². The molecule has 1 aromatic carbocycles. The van der Waals surface area contributed by atoms with Crippen molar-refractivity contribution in [3.63, 3.8) is 0 Å². The molecule has 0 fully saturated rings. The van der Waals surface area contributed by atoms with Gasteiger partial charge in [-0.25, -0.2) is 9.37 Å². The molecule has 6 nitrogen and oxygen atoms in total. The van der Waals surface area contributed by atoms with Gasteiger partial charge < -0.3 is 9.88 Å². The zero-order chi connectivity index (χ0) is 19.2. The summed E-state index contributed by atoms with van der Waals surface area (Å²) in [6.07, 6.45) is 0. The van der Waals surface area contributed by atoms with Crippen LogP contribution in [0.5, 0.6) is 0 Å². The molecule has 0 saturated carbocycles. The molecule has 0 aliphatic carbocycles. The molecule has 2 aromatic heterocycles. The van der Waals surface area contributed by atoms with E-state index in [9.17, 15) is 9.18 Å². The minimum atomic E-state index is -0.194. The normalized spacial score (nSPS) is 10.9. The first-order valence-electron chi connectivity index (χ1n) is 8.07. The molecule has 10 heteroatoms. The largest absolute Gasteiger partial charge is 0.308 e. The number of halogens is 1. The van der Waals surface area contributed by atoms with Crippen molar-refractivity contribution in [1.82, 2.24) is 19.7 Å². The number of nitrogens with one attached hydrogen (secondary N) is 1. The topological polar surface area (TPSA) is 72.7 Å². The van der Waals surface area contributed by atoms with Crippen LogP contribution in [0.15, 0.2) is 34.8 Å². The third-order valence-corrected chi connectivity index (χ3v) is 6.44. The molecule has 0 bridgehead atoms. The van der Waals surface area contributed by atoms with Crippen LogP contribution in [0.2, 0.25) is 0 Å². The Morgan fingerprint density at radius 1 is 1.30 bits per heavy atom. The average Bonchev–Trinajstić information content (AvgIpc) is 3.21. The molecule has 0 spiro atoms. The third-order valence-electron chi connectivity index (χ3n) is 3.57. The van der Waals surface area contributed by atoms with Crippen molar-refractivity contribution in [2.75, 3.05) is 11.1 Å². The van der Waals surface area contributed by atoms with Crippen LogP contribution >= 0.6 is 34.9 Å². The van der Waals surface area contributed by atoms with E-state index in [0.29, 0.717) is 27.4 Å². The third kappa shape index (κ3) is 5.53. The number of carbonyl (C=O) groups excluding carboxylic acids is 1. The van der Waals surface area contributed by atoms with E-state index >= 15 is 0 Å². The molecule has 27 heavy (non-hydrogen) atoms. The van der Waals surface area contributed by atoms with Crippen LogP contribution in [0.4, 0.5) is 9.52 Å². The van der Waals surface area contributed by atoms with Crippen molar-refractivity contribution in [3.05, 3.63) is 52.5 Å². The highest BCUT2D eigenvalue weighted by Crippen LogP contribution is 2.22. The number of aromatic nitrogens is 4. The van der Waals surface area contributed by atoms with E-state index in [4.69, 9.17) is 0 Å². The number of hydrogen-bond donors (Lipinski definition) is 1. The lowest BCUT2D eigenvalue weighted by Crippen LogP contribution is -2.14. The van der Waals surface area contributed by atoms with Crippen molar-refractivity contribution < 1.29 is 9.18 Å². The highest BCUT2D eigenvalue weighted by Gasteiger charge is 2.13. The van der Waals surface area contributed by atoms with Gasteiger partial charge in [-0.05, 0) is 18.6 Å². The molecule has 142 valence electrons. The molecule has 1 N–H and O–H groups in total. The van der Waals surface area contributed by atoms with Crippen molar-refractivity contribution in [2.45, 2.75) is 23.6 Å². The Labute approximate surface area is 169 Å². The second-order valence-corrected chi connectivity index (χ2v) is 8.46. The number of hydrogen-bond acceptors (Lipinski definition) is 7. The van der Waals surface area contributed by atoms with E-state index in [-0.39, 0.29) is 17.5 Å². The lowest BCUT2D eigenvalue weighted by atomic mass is 10.2. The number of thiazole rings is 1. The van der Waals surface area contributed by atoms with Crippen LogP contribution < -0.4 is 5.32 Å². The first-order valence-corrected chi connectivity index (χ1v) is 11.1. The molecular weight excluding hydrogens is 405 g/mol. The predicted octanol–water partition coefficient (Wildman–Crippen LogP) is 3.88. The molecule has 0 radical (unpaired) electrons. The van der Waals surface area contributed by atoms with Gasteiger partial charge in [0.15, 0.2) is 10.3 Å². The molecule has 0 aliphatic rings. The number of carbonyl (C=O) groups is 1. The fourth-order valence-corrected chi connectivity index (χ4v) is 4.59. The summed E-state index contributed by atoms with van der Waals surface area (Å²) in [5.74, 6) is 1.87. The van der Waals surface area contributed by atoms with Crippen LogP contribution in [0, 0.1) is 12.7 Å². The summed E-state index contributed by atoms with van der Waals surface area (Å²) in [4.78, 5) is 16.2. The Morgan fingerprint density at radius 2 is 2.11 bits per heavy atom. The maximum absolute atomic E-state index is 13.6. The minimum Gasteiger partial charge on any atom is -0.308 e. The second-order valence-electron chi connectivity index (χ2n) is 5.67.